The number of anilines is 1. The van der Waals surface area contributed by atoms with Gasteiger partial charge in [-0.15, -0.1) is 9.94 Å². The lowest BCUT2D eigenvalue weighted by atomic mass is 10.0. The number of ether oxygens (including phenoxy) is 2. The first-order valence-corrected chi connectivity index (χ1v) is 4.76. The zero-order chi connectivity index (χ0) is 12.6. The highest BCUT2D eigenvalue weighted by Crippen LogP contribution is 2.38. The van der Waals surface area contributed by atoms with Gasteiger partial charge in [-0.2, -0.15) is 0 Å². The third-order valence-corrected chi connectivity index (χ3v) is 2.49. The zero-order valence-electron chi connectivity index (χ0n) is 9.39. The van der Waals surface area contributed by atoms with Gasteiger partial charge in [-0.25, -0.2) is 0 Å². The summed E-state index contributed by atoms with van der Waals surface area (Å²) >= 11 is 0. The van der Waals surface area contributed by atoms with Crippen LogP contribution in [0.3, 0.4) is 0 Å². The van der Waals surface area contributed by atoms with Gasteiger partial charge in [-0.3, -0.25) is 5.41 Å². The summed E-state index contributed by atoms with van der Waals surface area (Å²) in [6, 6.07) is 0. The van der Waals surface area contributed by atoms with Crippen molar-refractivity contribution in [1.29, 1.82) is 5.41 Å². The Morgan fingerprint density at radius 2 is 1.94 bits per heavy atom. The summed E-state index contributed by atoms with van der Waals surface area (Å²) in [7, 11) is 2.87. The van der Waals surface area contributed by atoms with E-state index >= 15 is 0 Å². The van der Waals surface area contributed by atoms with Crippen molar-refractivity contribution in [1.82, 2.24) is 9.94 Å². The highest BCUT2D eigenvalue weighted by molar-refractivity contribution is 5.84. The lowest BCUT2D eigenvalue weighted by Crippen LogP contribution is -2.16. The largest absolute Gasteiger partial charge is 0.491 e. The smallest absolute Gasteiger partial charge is 0.188 e. The number of fused-ring (bicyclic) bond motifs is 1. The van der Waals surface area contributed by atoms with Crippen molar-refractivity contribution in [2.75, 3.05) is 20.0 Å². The van der Waals surface area contributed by atoms with Gasteiger partial charge in [0.05, 0.1) is 32.3 Å². The average Bonchev–Trinajstić information content (AvgIpc) is 2.33. The maximum atomic E-state index is 9.25. The van der Waals surface area contributed by atoms with Crippen LogP contribution in [-0.2, 0) is 0 Å². The number of hydrogen-bond donors (Lipinski definition) is 3. The van der Waals surface area contributed by atoms with Crippen LogP contribution in [0.5, 0.6) is 11.5 Å². The predicted molar refractivity (Wildman–Crippen MR) is 59.4 cm³/mol. The van der Waals surface area contributed by atoms with Gasteiger partial charge < -0.3 is 20.4 Å². The number of aromatic nitrogens is 2. The minimum absolute atomic E-state index is 0.0822. The molecule has 1 aliphatic heterocycles. The van der Waals surface area contributed by atoms with Gasteiger partial charge in [0.1, 0.15) is 5.36 Å². The van der Waals surface area contributed by atoms with Crippen molar-refractivity contribution >= 4 is 5.69 Å². The summed E-state index contributed by atoms with van der Waals surface area (Å²) in [6.45, 7) is 0. The van der Waals surface area contributed by atoms with Crippen LogP contribution in [0.2, 0.25) is 0 Å². The molecular weight excluding hydrogens is 224 g/mol. The number of benzene rings is 1. The fourth-order valence-corrected chi connectivity index (χ4v) is 1.70. The number of nitrogens with two attached hydrogens (primary N) is 1. The van der Waals surface area contributed by atoms with Crippen LogP contribution < -0.4 is 20.6 Å². The van der Waals surface area contributed by atoms with E-state index in [1.54, 1.807) is 0 Å². The van der Waals surface area contributed by atoms with Gasteiger partial charge in [-0.1, -0.05) is 0 Å². The highest BCUT2D eigenvalue weighted by atomic mass is 16.5. The van der Waals surface area contributed by atoms with E-state index in [4.69, 9.17) is 20.6 Å². The molecule has 0 aromatic carbocycles. The number of nitrogen functional groups attached to an aromatic ring is 1. The Morgan fingerprint density at radius 1 is 1.29 bits per heavy atom. The second-order valence-electron chi connectivity index (χ2n) is 3.38. The van der Waals surface area contributed by atoms with Crippen molar-refractivity contribution in [3.8, 4) is 22.6 Å². The molecule has 0 radical (unpaired) electrons. The molecule has 1 heterocycles. The Morgan fingerprint density at radius 3 is 2.53 bits per heavy atom. The first-order chi connectivity index (χ1) is 8.10. The fourth-order valence-electron chi connectivity index (χ4n) is 1.70. The molecule has 2 rings (SSSR count). The van der Waals surface area contributed by atoms with Crippen molar-refractivity contribution in [2.24, 2.45) is 0 Å². The summed E-state index contributed by atoms with van der Waals surface area (Å²) in [5.41, 5.74) is 7.18. The maximum absolute atomic E-state index is 9.25. The highest BCUT2D eigenvalue weighted by Gasteiger charge is 2.20. The molecule has 17 heavy (non-hydrogen) atoms. The molecule has 0 saturated heterocycles. The molecule has 4 N–H and O–H groups in total. The van der Waals surface area contributed by atoms with Gasteiger partial charge in [0.2, 0.25) is 0 Å². The normalized spacial score (nSPS) is 10.5. The number of methoxy groups -OCH3 is 2. The lowest BCUT2D eigenvalue weighted by molar-refractivity contribution is 0.144. The Balaban J connectivity index is 2.94. The maximum Gasteiger partial charge on any atom is 0.188 e. The standard InChI is InChI=1S/C10H12N4O3/c1-16-9-7(11)5-3-13-14(15)4-6(5)8(12)10(9)17-2/h3-4,12,15H,11H2,1-2H3. The van der Waals surface area contributed by atoms with Crippen LogP contribution in [0, 0.1) is 5.41 Å². The van der Waals surface area contributed by atoms with E-state index in [-0.39, 0.29) is 11.1 Å². The molecule has 0 aromatic heterocycles. The molecule has 2 aliphatic rings. The molecule has 0 atom stereocenters. The summed E-state index contributed by atoms with van der Waals surface area (Å²) in [6.07, 6.45) is 2.65. The lowest BCUT2D eigenvalue weighted by Gasteiger charge is -2.16. The van der Waals surface area contributed by atoms with Crippen LogP contribution in [0.25, 0.3) is 11.1 Å². The molecule has 0 aromatic rings. The van der Waals surface area contributed by atoms with Crippen LogP contribution in [-0.4, -0.2) is 29.4 Å². The summed E-state index contributed by atoms with van der Waals surface area (Å²) in [5, 5.41) is 20.9. The van der Waals surface area contributed by atoms with E-state index in [0.717, 1.165) is 0 Å². The summed E-state index contributed by atoms with van der Waals surface area (Å²) < 4.78 is 10.2. The predicted octanol–water partition coefficient (Wildman–Crippen LogP) is 0.304. The number of nitrogens with one attached hydrogen (secondary N) is 1. The molecule has 0 spiro atoms. The topological polar surface area (TPSA) is 106 Å². The van der Waals surface area contributed by atoms with Crippen molar-refractivity contribution in [3.05, 3.63) is 17.8 Å². The molecule has 0 unspecified atom stereocenters. The fraction of sp³-hybridized carbons (Fsp3) is 0.200. The molecule has 0 bridgehead atoms. The first kappa shape index (κ1) is 11.1. The van der Waals surface area contributed by atoms with E-state index in [2.05, 4.69) is 5.10 Å². The van der Waals surface area contributed by atoms with E-state index in [9.17, 15) is 5.21 Å². The number of rotatable bonds is 2. The molecule has 7 nitrogen and oxygen atoms in total. The van der Waals surface area contributed by atoms with E-state index in [0.29, 0.717) is 27.4 Å². The van der Waals surface area contributed by atoms with Gasteiger partial charge in [0.15, 0.2) is 11.5 Å². The Kier molecular flexibility index (Phi) is 2.51. The molecule has 90 valence electrons. The number of hydrogen-bond acceptors (Lipinski definition) is 6. The molecule has 0 amide bonds. The number of nitrogens with zero attached hydrogens (tertiary/aromatic N) is 2. The van der Waals surface area contributed by atoms with Crippen LogP contribution in [0.4, 0.5) is 5.69 Å². The minimum atomic E-state index is 0.0822. The summed E-state index contributed by atoms with van der Waals surface area (Å²) in [4.78, 5) is 0.617. The third-order valence-electron chi connectivity index (χ3n) is 2.49. The second-order valence-corrected chi connectivity index (χ2v) is 3.38. The van der Waals surface area contributed by atoms with E-state index in [1.807, 2.05) is 0 Å². The molecular formula is C10H12N4O3. The van der Waals surface area contributed by atoms with E-state index in [1.165, 1.54) is 26.6 Å². The molecule has 1 aliphatic carbocycles. The Bertz CT molecular complexity index is 593. The van der Waals surface area contributed by atoms with E-state index < -0.39 is 0 Å². The molecule has 7 heteroatoms. The Labute approximate surface area is 96.8 Å². The molecule has 0 fully saturated rings. The van der Waals surface area contributed by atoms with Crippen LogP contribution in [0.15, 0.2) is 12.4 Å². The SMILES string of the molecule is COc1c(N)c2cnn(O)cc-2c(=N)c1OC. The van der Waals surface area contributed by atoms with Crippen LogP contribution in [0.1, 0.15) is 0 Å². The van der Waals surface area contributed by atoms with Gasteiger partial charge in [0.25, 0.3) is 0 Å². The monoisotopic (exact) mass is 236 g/mol. The third kappa shape index (κ3) is 1.52. The second kappa shape index (κ2) is 3.85. The first-order valence-electron chi connectivity index (χ1n) is 4.76. The Hall–Kier alpha value is -2.44. The van der Waals surface area contributed by atoms with Gasteiger partial charge in [-0.05, 0) is 0 Å². The van der Waals surface area contributed by atoms with Gasteiger partial charge in [0, 0.05) is 11.1 Å². The van der Waals surface area contributed by atoms with Crippen molar-refractivity contribution < 1.29 is 14.7 Å². The average molecular weight is 236 g/mol. The van der Waals surface area contributed by atoms with Gasteiger partial charge >= 0.3 is 0 Å². The van der Waals surface area contributed by atoms with Crippen molar-refractivity contribution in [2.45, 2.75) is 0 Å². The van der Waals surface area contributed by atoms with Crippen molar-refractivity contribution in [3.63, 3.8) is 0 Å². The summed E-state index contributed by atoms with van der Waals surface area (Å²) in [5.74, 6) is 0.520. The minimum Gasteiger partial charge on any atom is -0.491 e. The zero-order valence-corrected chi connectivity index (χ0v) is 9.39. The van der Waals surface area contributed by atoms with Crippen LogP contribution >= 0.6 is 0 Å². The quantitative estimate of drug-likeness (QED) is 0.513. The molecule has 0 saturated carbocycles.